The lowest BCUT2D eigenvalue weighted by Crippen LogP contribution is -2.35. The van der Waals surface area contributed by atoms with Crippen LogP contribution in [0.2, 0.25) is 0 Å². The molecular formula is C17H23N5O2S. The molecule has 1 heterocycles. The Morgan fingerprint density at radius 2 is 2.04 bits per heavy atom. The summed E-state index contributed by atoms with van der Waals surface area (Å²) in [6.07, 6.45) is 6.27. The van der Waals surface area contributed by atoms with Gasteiger partial charge < -0.3 is 10.4 Å². The van der Waals surface area contributed by atoms with Crippen LogP contribution < -0.4 is 5.32 Å². The minimum atomic E-state index is -0.287. The maximum absolute atomic E-state index is 12.4. The summed E-state index contributed by atoms with van der Waals surface area (Å²) >= 11 is 1.32. The molecule has 0 saturated heterocycles. The van der Waals surface area contributed by atoms with Gasteiger partial charge in [0, 0.05) is 6.54 Å². The number of hydrogen-bond donors (Lipinski definition) is 2. The van der Waals surface area contributed by atoms with Crippen LogP contribution >= 0.6 is 11.8 Å². The van der Waals surface area contributed by atoms with E-state index in [1.807, 2.05) is 6.92 Å². The van der Waals surface area contributed by atoms with Gasteiger partial charge in [-0.05, 0) is 60.4 Å². The Bertz CT molecular complexity index is 697. The van der Waals surface area contributed by atoms with Gasteiger partial charge in [-0.15, -0.1) is 5.10 Å². The van der Waals surface area contributed by atoms with Gasteiger partial charge in [0.1, 0.15) is 5.75 Å². The number of tetrazole rings is 1. The molecule has 3 rings (SSSR count). The second kappa shape index (κ2) is 8.33. The van der Waals surface area contributed by atoms with E-state index in [0.717, 1.165) is 12.2 Å². The number of phenolic OH excluding ortho intramolecular Hbond substituents is 1. The second-order valence-electron chi connectivity index (χ2n) is 6.40. The summed E-state index contributed by atoms with van der Waals surface area (Å²) in [5, 5.41) is 24.4. The fraction of sp³-hybridized carbons (Fsp3) is 0.529. The fourth-order valence-corrected chi connectivity index (χ4v) is 3.83. The van der Waals surface area contributed by atoms with Crippen molar-refractivity contribution in [3.8, 4) is 11.4 Å². The third kappa shape index (κ3) is 4.72. The highest BCUT2D eigenvalue weighted by Crippen LogP contribution is 2.25. The van der Waals surface area contributed by atoms with Gasteiger partial charge in [0.2, 0.25) is 11.1 Å². The van der Waals surface area contributed by atoms with E-state index in [-0.39, 0.29) is 16.9 Å². The predicted octanol–water partition coefficient (Wildman–Crippen LogP) is 2.55. The molecule has 0 spiro atoms. The zero-order chi connectivity index (χ0) is 17.6. The number of thioether (sulfide) groups is 1. The van der Waals surface area contributed by atoms with Crippen LogP contribution in [0.4, 0.5) is 0 Å². The van der Waals surface area contributed by atoms with Gasteiger partial charge in [-0.25, -0.2) is 0 Å². The van der Waals surface area contributed by atoms with Crippen LogP contribution in [0.15, 0.2) is 29.4 Å². The summed E-state index contributed by atoms with van der Waals surface area (Å²) in [6, 6.07) is 6.60. The molecule has 1 saturated carbocycles. The lowest BCUT2D eigenvalue weighted by Gasteiger charge is -2.22. The summed E-state index contributed by atoms with van der Waals surface area (Å²) in [6.45, 7) is 2.61. The Kier molecular flexibility index (Phi) is 5.91. The minimum Gasteiger partial charge on any atom is -0.508 e. The number of hydrogen-bond acceptors (Lipinski definition) is 6. The van der Waals surface area contributed by atoms with Crippen molar-refractivity contribution in [2.45, 2.75) is 49.4 Å². The van der Waals surface area contributed by atoms with Gasteiger partial charge in [-0.3, -0.25) is 4.79 Å². The molecule has 7 nitrogen and oxygen atoms in total. The molecule has 0 aliphatic heterocycles. The Morgan fingerprint density at radius 3 is 2.76 bits per heavy atom. The van der Waals surface area contributed by atoms with Crippen LogP contribution in [0.1, 0.15) is 39.0 Å². The molecule has 134 valence electrons. The number of benzene rings is 1. The summed E-state index contributed by atoms with van der Waals surface area (Å²) in [4.78, 5) is 12.4. The molecule has 0 bridgehead atoms. The molecule has 1 unspecified atom stereocenters. The van der Waals surface area contributed by atoms with Crippen LogP contribution in [-0.2, 0) is 4.79 Å². The molecule has 1 aromatic heterocycles. The molecule has 1 amide bonds. The van der Waals surface area contributed by atoms with Gasteiger partial charge in [-0.1, -0.05) is 31.0 Å². The lowest BCUT2D eigenvalue weighted by molar-refractivity contribution is -0.120. The molecule has 25 heavy (non-hydrogen) atoms. The van der Waals surface area contributed by atoms with Gasteiger partial charge in [0.25, 0.3) is 0 Å². The topological polar surface area (TPSA) is 92.9 Å². The van der Waals surface area contributed by atoms with Crippen molar-refractivity contribution < 1.29 is 9.90 Å². The molecule has 1 fully saturated rings. The Hall–Kier alpha value is -2.09. The first-order valence-corrected chi connectivity index (χ1v) is 9.53. The van der Waals surface area contributed by atoms with E-state index in [0.29, 0.717) is 11.1 Å². The van der Waals surface area contributed by atoms with E-state index in [1.165, 1.54) is 43.9 Å². The first-order valence-electron chi connectivity index (χ1n) is 8.65. The smallest absolute Gasteiger partial charge is 0.233 e. The van der Waals surface area contributed by atoms with Crippen molar-refractivity contribution in [1.82, 2.24) is 25.5 Å². The number of nitrogens with zero attached hydrogens (tertiary/aromatic N) is 4. The van der Waals surface area contributed by atoms with Crippen molar-refractivity contribution >= 4 is 17.7 Å². The van der Waals surface area contributed by atoms with Crippen molar-refractivity contribution in [3.05, 3.63) is 24.3 Å². The maximum Gasteiger partial charge on any atom is 0.233 e. The molecule has 1 atom stereocenters. The number of carbonyl (C=O) groups is 1. The van der Waals surface area contributed by atoms with Crippen LogP contribution in [0.3, 0.4) is 0 Å². The fourth-order valence-electron chi connectivity index (χ4n) is 3.00. The number of nitrogens with one attached hydrogen (secondary N) is 1. The summed E-state index contributed by atoms with van der Waals surface area (Å²) in [7, 11) is 0. The highest BCUT2D eigenvalue weighted by Gasteiger charge is 2.21. The van der Waals surface area contributed by atoms with Gasteiger partial charge in [-0.2, -0.15) is 4.68 Å². The molecule has 1 aliphatic carbocycles. The third-order valence-electron chi connectivity index (χ3n) is 4.48. The van der Waals surface area contributed by atoms with Crippen molar-refractivity contribution in [1.29, 1.82) is 0 Å². The zero-order valence-electron chi connectivity index (χ0n) is 14.3. The maximum atomic E-state index is 12.4. The summed E-state index contributed by atoms with van der Waals surface area (Å²) in [5.41, 5.74) is 0.736. The molecule has 8 heteroatoms. The number of aromatic nitrogens is 4. The van der Waals surface area contributed by atoms with E-state index >= 15 is 0 Å². The largest absolute Gasteiger partial charge is 0.508 e. The van der Waals surface area contributed by atoms with E-state index in [1.54, 1.807) is 28.9 Å². The van der Waals surface area contributed by atoms with Gasteiger partial charge in [0.15, 0.2) is 0 Å². The van der Waals surface area contributed by atoms with E-state index in [4.69, 9.17) is 0 Å². The normalized spacial score (nSPS) is 16.5. The molecule has 0 radical (unpaired) electrons. The lowest BCUT2D eigenvalue weighted by atomic mass is 9.89. The molecule has 1 aliphatic rings. The Balaban J connectivity index is 1.57. The van der Waals surface area contributed by atoms with E-state index in [9.17, 15) is 9.90 Å². The van der Waals surface area contributed by atoms with Crippen molar-refractivity contribution in [2.24, 2.45) is 5.92 Å². The molecule has 2 N–H and O–H groups in total. The third-order valence-corrected chi connectivity index (χ3v) is 5.51. The average Bonchev–Trinajstić information content (AvgIpc) is 3.09. The van der Waals surface area contributed by atoms with Crippen LogP contribution in [0.25, 0.3) is 5.69 Å². The quantitative estimate of drug-likeness (QED) is 0.768. The van der Waals surface area contributed by atoms with Crippen molar-refractivity contribution in [3.63, 3.8) is 0 Å². The number of carbonyl (C=O) groups excluding carboxylic acids is 1. The Labute approximate surface area is 151 Å². The standard InChI is InChI=1S/C17H23N5O2S/c1-12(16(24)18-11-13-5-3-2-4-6-13)25-17-19-20-21-22(17)14-7-9-15(23)10-8-14/h7-10,12-13,23H,2-6,11H2,1H3,(H,18,24). The highest BCUT2D eigenvalue weighted by atomic mass is 32.2. The summed E-state index contributed by atoms with van der Waals surface area (Å²) < 4.78 is 1.56. The number of phenols is 1. The first-order chi connectivity index (χ1) is 12.1. The van der Waals surface area contributed by atoms with E-state index < -0.39 is 0 Å². The molecular weight excluding hydrogens is 338 g/mol. The number of aromatic hydroxyl groups is 1. The van der Waals surface area contributed by atoms with Crippen LogP contribution in [0, 0.1) is 5.92 Å². The summed E-state index contributed by atoms with van der Waals surface area (Å²) in [5.74, 6) is 0.800. The minimum absolute atomic E-state index is 0.0100. The van der Waals surface area contributed by atoms with Crippen LogP contribution in [-0.4, -0.2) is 43.0 Å². The van der Waals surface area contributed by atoms with Crippen LogP contribution in [0.5, 0.6) is 5.75 Å². The highest BCUT2D eigenvalue weighted by molar-refractivity contribution is 8.00. The van der Waals surface area contributed by atoms with Gasteiger partial charge >= 0.3 is 0 Å². The van der Waals surface area contributed by atoms with Gasteiger partial charge in [0.05, 0.1) is 10.9 Å². The predicted molar refractivity (Wildman–Crippen MR) is 95.7 cm³/mol. The average molecular weight is 361 g/mol. The van der Waals surface area contributed by atoms with Crippen molar-refractivity contribution in [2.75, 3.05) is 6.54 Å². The zero-order valence-corrected chi connectivity index (χ0v) is 15.1. The second-order valence-corrected chi connectivity index (χ2v) is 7.71. The monoisotopic (exact) mass is 361 g/mol. The number of rotatable bonds is 6. The van der Waals surface area contributed by atoms with E-state index in [2.05, 4.69) is 20.8 Å². The molecule has 1 aromatic carbocycles. The SMILES string of the molecule is CC(Sc1nnnn1-c1ccc(O)cc1)C(=O)NCC1CCCCC1. The number of amides is 1. The Morgan fingerprint density at radius 1 is 1.32 bits per heavy atom. The molecule has 2 aromatic rings. The first kappa shape index (κ1) is 17.7.